The Bertz CT molecular complexity index is 959. The number of aryl methyl sites for hydroxylation is 1. The van der Waals surface area contributed by atoms with Gasteiger partial charge in [0.05, 0.1) is 23.4 Å². The normalized spacial score (nSPS) is 17.8. The number of anilines is 1. The monoisotopic (exact) mass is 354 g/mol. The summed E-state index contributed by atoms with van der Waals surface area (Å²) < 4.78 is 6.68. The van der Waals surface area contributed by atoms with Crippen molar-refractivity contribution in [3.63, 3.8) is 0 Å². The number of morpholine rings is 1. The molecule has 5 rings (SSSR count). The third-order valence-corrected chi connectivity index (χ3v) is 6.41. The predicted molar refractivity (Wildman–Crippen MR) is 102 cm³/mol. The fourth-order valence-corrected chi connectivity index (χ4v) is 5.38. The van der Waals surface area contributed by atoms with Crippen LogP contribution in [0.4, 0.5) is 5.82 Å². The fraction of sp³-hybridized carbons (Fsp3) is 0.526. The second-order valence-electron chi connectivity index (χ2n) is 7.22. The van der Waals surface area contributed by atoms with Gasteiger partial charge in [0.2, 0.25) is 0 Å². The van der Waals surface area contributed by atoms with E-state index in [0.717, 1.165) is 55.3 Å². The Morgan fingerprint density at radius 3 is 2.72 bits per heavy atom. The molecule has 2 aliphatic rings. The third kappa shape index (κ3) is 2.34. The third-order valence-electron chi connectivity index (χ3n) is 5.34. The molecule has 3 aromatic rings. The zero-order valence-corrected chi connectivity index (χ0v) is 15.5. The smallest absolute Gasteiger partial charge is 0.150 e. The Balaban J connectivity index is 1.79. The molecule has 1 fully saturated rings. The first-order chi connectivity index (χ1) is 12.2. The molecule has 0 unspecified atom stereocenters. The minimum Gasteiger partial charge on any atom is -0.378 e. The number of hydrogen-bond acceptors (Lipinski definition) is 6. The van der Waals surface area contributed by atoms with E-state index in [9.17, 15) is 0 Å². The predicted octanol–water partition coefficient (Wildman–Crippen LogP) is 3.69. The van der Waals surface area contributed by atoms with Crippen LogP contribution in [0.3, 0.4) is 0 Å². The maximum atomic E-state index is 5.50. The van der Waals surface area contributed by atoms with E-state index in [1.54, 1.807) is 17.7 Å². The molecule has 6 heteroatoms. The van der Waals surface area contributed by atoms with Gasteiger partial charge in [0.25, 0.3) is 0 Å². The van der Waals surface area contributed by atoms with Crippen molar-refractivity contribution in [2.75, 3.05) is 31.2 Å². The highest BCUT2D eigenvalue weighted by Gasteiger charge is 2.26. The quantitative estimate of drug-likeness (QED) is 0.702. The SMILES string of the molecule is CC(C)c1nc2sc3c(N4CCOCC4)ncnc3c2c2c1CCC2. The number of ether oxygens (including phenoxy) is 1. The molecule has 130 valence electrons. The van der Waals surface area contributed by atoms with Crippen molar-refractivity contribution < 1.29 is 4.74 Å². The van der Waals surface area contributed by atoms with Crippen LogP contribution in [-0.2, 0) is 17.6 Å². The van der Waals surface area contributed by atoms with Crippen molar-refractivity contribution in [2.45, 2.75) is 39.0 Å². The average molecular weight is 354 g/mol. The summed E-state index contributed by atoms with van der Waals surface area (Å²) in [4.78, 5) is 17.8. The molecule has 3 aromatic heterocycles. The van der Waals surface area contributed by atoms with Crippen LogP contribution < -0.4 is 4.90 Å². The van der Waals surface area contributed by atoms with Crippen LogP contribution in [0.15, 0.2) is 6.33 Å². The molecule has 25 heavy (non-hydrogen) atoms. The summed E-state index contributed by atoms with van der Waals surface area (Å²) in [5, 5.41) is 1.29. The first kappa shape index (κ1) is 15.5. The van der Waals surface area contributed by atoms with Crippen molar-refractivity contribution in [3.8, 4) is 0 Å². The minimum absolute atomic E-state index is 0.464. The number of rotatable bonds is 2. The van der Waals surface area contributed by atoms with E-state index < -0.39 is 0 Å². The van der Waals surface area contributed by atoms with Gasteiger partial charge in [-0.1, -0.05) is 13.8 Å². The van der Waals surface area contributed by atoms with E-state index in [2.05, 4.69) is 28.7 Å². The second-order valence-corrected chi connectivity index (χ2v) is 8.22. The zero-order valence-electron chi connectivity index (χ0n) is 14.7. The van der Waals surface area contributed by atoms with Crippen LogP contribution in [0.5, 0.6) is 0 Å². The topological polar surface area (TPSA) is 51.1 Å². The van der Waals surface area contributed by atoms with Crippen molar-refractivity contribution in [1.82, 2.24) is 15.0 Å². The van der Waals surface area contributed by atoms with Crippen LogP contribution >= 0.6 is 11.3 Å². The van der Waals surface area contributed by atoms with E-state index >= 15 is 0 Å². The zero-order chi connectivity index (χ0) is 17.0. The van der Waals surface area contributed by atoms with Gasteiger partial charge >= 0.3 is 0 Å². The van der Waals surface area contributed by atoms with Gasteiger partial charge in [-0.15, -0.1) is 11.3 Å². The van der Waals surface area contributed by atoms with Crippen LogP contribution in [0.2, 0.25) is 0 Å². The standard InChI is InChI=1S/C19H22N4OS/c1-11(2)15-13-5-3-4-12(13)14-16-17(25-19(14)22-15)18(21-10-20-16)23-6-8-24-9-7-23/h10-11H,3-9H2,1-2H3. The number of pyridine rings is 1. The van der Waals surface area contributed by atoms with Crippen LogP contribution in [0.1, 0.15) is 43.0 Å². The summed E-state index contributed by atoms with van der Waals surface area (Å²) in [6.07, 6.45) is 5.26. The van der Waals surface area contributed by atoms with Crippen LogP contribution in [-0.4, -0.2) is 41.3 Å². The fourth-order valence-electron chi connectivity index (χ4n) is 4.19. The van der Waals surface area contributed by atoms with E-state index in [0.29, 0.717) is 5.92 Å². The lowest BCUT2D eigenvalue weighted by Gasteiger charge is -2.27. The summed E-state index contributed by atoms with van der Waals surface area (Å²) in [6.45, 7) is 7.81. The van der Waals surface area contributed by atoms with E-state index in [1.165, 1.54) is 33.3 Å². The highest BCUT2D eigenvalue weighted by molar-refractivity contribution is 7.26. The highest BCUT2D eigenvalue weighted by atomic mass is 32.1. The average Bonchev–Trinajstić information content (AvgIpc) is 3.25. The van der Waals surface area contributed by atoms with Gasteiger partial charge < -0.3 is 9.64 Å². The molecule has 0 spiro atoms. The van der Waals surface area contributed by atoms with Crippen LogP contribution in [0, 0.1) is 0 Å². The van der Waals surface area contributed by atoms with E-state index in [-0.39, 0.29) is 0 Å². The molecule has 1 aliphatic heterocycles. The Morgan fingerprint density at radius 1 is 1.12 bits per heavy atom. The molecule has 5 nitrogen and oxygen atoms in total. The van der Waals surface area contributed by atoms with Gasteiger partial charge in [0, 0.05) is 24.2 Å². The highest BCUT2D eigenvalue weighted by Crippen LogP contribution is 2.43. The Labute approximate surface area is 151 Å². The molecule has 0 saturated carbocycles. The first-order valence-electron chi connectivity index (χ1n) is 9.15. The van der Waals surface area contributed by atoms with Gasteiger partial charge in [-0.25, -0.2) is 15.0 Å². The minimum atomic E-state index is 0.464. The largest absolute Gasteiger partial charge is 0.378 e. The van der Waals surface area contributed by atoms with Crippen molar-refractivity contribution >= 4 is 37.6 Å². The van der Waals surface area contributed by atoms with Crippen molar-refractivity contribution in [1.29, 1.82) is 0 Å². The number of nitrogens with zero attached hydrogens (tertiary/aromatic N) is 4. The van der Waals surface area contributed by atoms with Gasteiger partial charge in [-0.3, -0.25) is 0 Å². The number of aromatic nitrogens is 3. The lowest BCUT2D eigenvalue weighted by Crippen LogP contribution is -2.36. The first-order valence-corrected chi connectivity index (χ1v) is 9.97. The van der Waals surface area contributed by atoms with Crippen molar-refractivity contribution in [3.05, 3.63) is 23.1 Å². The van der Waals surface area contributed by atoms with Gasteiger partial charge in [-0.05, 0) is 36.3 Å². The summed E-state index contributed by atoms with van der Waals surface area (Å²) >= 11 is 1.76. The molecule has 0 aromatic carbocycles. The molecule has 0 amide bonds. The van der Waals surface area contributed by atoms with Gasteiger partial charge in [-0.2, -0.15) is 0 Å². The molecule has 0 atom stereocenters. The molecular weight excluding hydrogens is 332 g/mol. The van der Waals surface area contributed by atoms with Crippen LogP contribution in [0.25, 0.3) is 20.4 Å². The van der Waals surface area contributed by atoms with E-state index in [4.69, 9.17) is 9.72 Å². The summed E-state index contributed by atoms with van der Waals surface area (Å²) in [7, 11) is 0. The molecular formula is C19H22N4OS. The molecule has 1 aliphatic carbocycles. The Hall–Kier alpha value is -1.79. The molecule has 4 heterocycles. The Morgan fingerprint density at radius 2 is 1.92 bits per heavy atom. The molecule has 0 bridgehead atoms. The number of fused-ring (bicyclic) bond motifs is 5. The lowest BCUT2D eigenvalue weighted by molar-refractivity contribution is 0.122. The number of hydrogen-bond donors (Lipinski definition) is 0. The second kappa shape index (κ2) is 5.88. The molecule has 1 saturated heterocycles. The van der Waals surface area contributed by atoms with E-state index in [1.807, 2.05) is 0 Å². The lowest BCUT2D eigenvalue weighted by atomic mass is 9.99. The maximum absolute atomic E-state index is 5.50. The summed E-state index contributed by atoms with van der Waals surface area (Å²) in [5.74, 6) is 1.51. The number of thiophene rings is 1. The van der Waals surface area contributed by atoms with Gasteiger partial charge in [0.15, 0.2) is 0 Å². The summed E-state index contributed by atoms with van der Waals surface area (Å²) in [5.41, 5.74) is 5.35. The van der Waals surface area contributed by atoms with Gasteiger partial charge in [0.1, 0.15) is 17.0 Å². The maximum Gasteiger partial charge on any atom is 0.150 e. The van der Waals surface area contributed by atoms with Crippen molar-refractivity contribution in [2.24, 2.45) is 0 Å². The molecule has 0 N–H and O–H groups in total. The Kier molecular flexibility index (Phi) is 3.64. The summed E-state index contributed by atoms with van der Waals surface area (Å²) in [6, 6.07) is 0. The molecule has 0 radical (unpaired) electrons.